The van der Waals surface area contributed by atoms with Crippen LogP contribution in [0.1, 0.15) is 6.04 Å². The quantitative estimate of drug-likeness (QED) is 0.288. The average molecular weight is 229 g/mol. The van der Waals surface area contributed by atoms with Gasteiger partial charge >= 0.3 is 5.82 Å². The fourth-order valence-electron chi connectivity index (χ4n) is 1.14. The van der Waals surface area contributed by atoms with E-state index in [1.54, 1.807) is 0 Å². The van der Waals surface area contributed by atoms with Crippen molar-refractivity contribution >= 4 is 11.7 Å². The van der Waals surface area contributed by atoms with Crippen molar-refractivity contribution in [3.05, 3.63) is 22.6 Å². The van der Waals surface area contributed by atoms with Crippen molar-refractivity contribution < 1.29 is 14.5 Å². The van der Waals surface area contributed by atoms with Crippen molar-refractivity contribution in [2.75, 3.05) is 13.7 Å². The van der Waals surface area contributed by atoms with E-state index in [4.69, 9.17) is 10.6 Å². The van der Waals surface area contributed by atoms with Gasteiger partial charge in [-0.25, -0.2) is 5.84 Å². The fourth-order valence-corrected chi connectivity index (χ4v) is 1.14. The second kappa shape index (κ2) is 5.19. The lowest BCUT2D eigenvalue weighted by Gasteiger charge is -2.13. The number of ether oxygens (including phenoxy) is 1. The third kappa shape index (κ3) is 2.52. The minimum Gasteiger partial charge on any atom is -0.382 e. The molecule has 0 bridgehead atoms. The number of methoxy groups -OCH3 is 1. The summed E-state index contributed by atoms with van der Waals surface area (Å²) in [6, 6.07) is -0.781. The monoisotopic (exact) mass is 229 g/mol. The van der Waals surface area contributed by atoms with Crippen molar-refractivity contribution in [2.24, 2.45) is 5.84 Å². The maximum atomic E-state index is 11.3. The Morgan fingerprint density at radius 2 is 2.56 bits per heavy atom. The molecule has 0 aliphatic rings. The number of nitrogens with two attached hydrogens (primary N) is 1. The molecule has 1 heterocycles. The first-order valence-corrected chi connectivity index (χ1v) is 4.27. The van der Waals surface area contributed by atoms with Crippen LogP contribution in [0.3, 0.4) is 0 Å². The van der Waals surface area contributed by atoms with Gasteiger partial charge in [0.25, 0.3) is 5.91 Å². The first-order valence-electron chi connectivity index (χ1n) is 4.27. The number of aromatic nitrogens is 2. The molecule has 0 spiro atoms. The van der Waals surface area contributed by atoms with Gasteiger partial charge in [-0.1, -0.05) is 0 Å². The van der Waals surface area contributed by atoms with E-state index >= 15 is 0 Å². The summed E-state index contributed by atoms with van der Waals surface area (Å²) in [7, 11) is 1.40. The minimum atomic E-state index is -0.781. The standard InChI is InChI=1S/C7H11N5O4/c1-16-3-5(7(13)10-8)11-2-6(9-4-11)12(14)15/h2,4-5H,3,8H2,1H3,(H,10,13). The molecule has 0 radical (unpaired) electrons. The second-order valence-electron chi connectivity index (χ2n) is 2.92. The van der Waals surface area contributed by atoms with E-state index in [1.807, 2.05) is 5.43 Å². The van der Waals surface area contributed by atoms with Crippen LogP contribution in [0.4, 0.5) is 5.82 Å². The highest BCUT2D eigenvalue weighted by atomic mass is 16.6. The lowest BCUT2D eigenvalue weighted by Crippen LogP contribution is -2.38. The highest BCUT2D eigenvalue weighted by Gasteiger charge is 2.22. The van der Waals surface area contributed by atoms with Crippen LogP contribution in [0.5, 0.6) is 0 Å². The molecular formula is C7H11N5O4. The van der Waals surface area contributed by atoms with Crippen molar-refractivity contribution in [1.29, 1.82) is 0 Å². The summed E-state index contributed by atoms with van der Waals surface area (Å²) in [6.45, 7) is 0.0382. The van der Waals surface area contributed by atoms with Crippen molar-refractivity contribution in [3.8, 4) is 0 Å². The maximum absolute atomic E-state index is 11.3. The molecule has 1 atom stereocenters. The highest BCUT2D eigenvalue weighted by molar-refractivity contribution is 5.79. The molecule has 88 valence electrons. The first-order chi connectivity index (χ1) is 7.60. The average Bonchev–Trinajstić information content (AvgIpc) is 2.74. The number of nitrogens with zero attached hydrogens (tertiary/aromatic N) is 3. The predicted molar refractivity (Wildman–Crippen MR) is 52.1 cm³/mol. The summed E-state index contributed by atoms with van der Waals surface area (Å²) in [5, 5.41) is 10.4. The molecule has 0 fully saturated rings. The van der Waals surface area contributed by atoms with Crippen LogP contribution in [-0.4, -0.2) is 34.1 Å². The van der Waals surface area contributed by atoms with Crippen molar-refractivity contribution in [1.82, 2.24) is 15.0 Å². The Morgan fingerprint density at radius 3 is 3.00 bits per heavy atom. The lowest BCUT2D eigenvalue weighted by molar-refractivity contribution is -0.389. The zero-order valence-electron chi connectivity index (χ0n) is 8.49. The van der Waals surface area contributed by atoms with Gasteiger partial charge in [0, 0.05) is 7.11 Å². The molecule has 1 aromatic rings. The van der Waals surface area contributed by atoms with E-state index in [2.05, 4.69) is 4.98 Å². The number of amides is 1. The van der Waals surface area contributed by atoms with Gasteiger partial charge in [-0.3, -0.25) is 14.8 Å². The van der Waals surface area contributed by atoms with Crippen LogP contribution in [0.2, 0.25) is 0 Å². The number of imidazole rings is 1. The molecule has 0 saturated heterocycles. The maximum Gasteiger partial charge on any atom is 0.381 e. The van der Waals surface area contributed by atoms with Crippen LogP contribution in [0, 0.1) is 10.1 Å². The van der Waals surface area contributed by atoms with Gasteiger partial charge in [0.2, 0.25) is 6.33 Å². The van der Waals surface area contributed by atoms with Gasteiger partial charge in [-0.15, -0.1) is 0 Å². The largest absolute Gasteiger partial charge is 0.382 e. The zero-order valence-corrected chi connectivity index (χ0v) is 8.49. The number of hydrazine groups is 1. The molecule has 1 rings (SSSR count). The van der Waals surface area contributed by atoms with Gasteiger partial charge < -0.3 is 14.9 Å². The molecule has 0 aromatic carbocycles. The second-order valence-corrected chi connectivity index (χ2v) is 2.92. The van der Waals surface area contributed by atoms with E-state index in [-0.39, 0.29) is 12.4 Å². The van der Waals surface area contributed by atoms with Crippen LogP contribution in [0.25, 0.3) is 0 Å². The molecule has 9 nitrogen and oxygen atoms in total. The Labute approximate surface area is 90.3 Å². The molecule has 9 heteroatoms. The van der Waals surface area contributed by atoms with Crippen LogP contribution in [-0.2, 0) is 9.53 Å². The number of hydrogen-bond acceptors (Lipinski definition) is 6. The van der Waals surface area contributed by atoms with E-state index in [9.17, 15) is 14.9 Å². The summed E-state index contributed by atoms with van der Waals surface area (Å²) < 4.78 is 6.08. The molecular weight excluding hydrogens is 218 g/mol. The summed E-state index contributed by atoms with van der Waals surface area (Å²) in [4.78, 5) is 24.6. The summed E-state index contributed by atoms with van der Waals surface area (Å²) in [5.74, 6) is 4.12. The molecule has 1 unspecified atom stereocenters. The predicted octanol–water partition coefficient (Wildman–Crippen LogP) is -1.03. The minimum absolute atomic E-state index is 0.0382. The number of nitro groups is 1. The van der Waals surface area contributed by atoms with Gasteiger partial charge in [-0.2, -0.15) is 0 Å². The van der Waals surface area contributed by atoms with Gasteiger partial charge in [-0.05, 0) is 9.91 Å². The third-order valence-electron chi connectivity index (χ3n) is 1.90. The summed E-state index contributed by atoms with van der Waals surface area (Å²) in [5.41, 5.74) is 1.95. The van der Waals surface area contributed by atoms with Crippen LogP contribution >= 0.6 is 0 Å². The SMILES string of the molecule is COCC(C(=O)NN)n1cnc([N+](=O)[O-])c1. The first kappa shape index (κ1) is 12.1. The molecule has 0 aliphatic carbocycles. The Kier molecular flexibility index (Phi) is 3.91. The Morgan fingerprint density at radius 1 is 1.88 bits per heavy atom. The molecule has 0 aliphatic heterocycles. The van der Waals surface area contributed by atoms with Gasteiger partial charge in [0.1, 0.15) is 12.2 Å². The molecule has 1 amide bonds. The van der Waals surface area contributed by atoms with Crippen molar-refractivity contribution in [3.63, 3.8) is 0 Å². The number of rotatable bonds is 5. The topological polar surface area (TPSA) is 125 Å². The molecule has 3 N–H and O–H groups in total. The zero-order chi connectivity index (χ0) is 12.1. The summed E-state index contributed by atoms with van der Waals surface area (Å²) in [6.07, 6.45) is 2.32. The van der Waals surface area contributed by atoms with Crippen LogP contribution < -0.4 is 11.3 Å². The Balaban J connectivity index is 2.92. The van der Waals surface area contributed by atoms with E-state index in [0.717, 1.165) is 6.20 Å². The van der Waals surface area contributed by atoms with Crippen LogP contribution in [0.15, 0.2) is 12.5 Å². The van der Waals surface area contributed by atoms with E-state index < -0.39 is 16.9 Å². The molecule has 1 aromatic heterocycles. The van der Waals surface area contributed by atoms with E-state index in [0.29, 0.717) is 0 Å². The van der Waals surface area contributed by atoms with Gasteiger partial charge in [0.05, 0.1) is 6.61 Å². The number of carbonyl (C=O) groups excluding carboxylic acids is 1. The highest BCUT2D eigenvalue weighted by Crippen LogP contribution is 2.12. The number of hydrogen-bond donors (Lipinski definition) is 2. The molecule has 0 saturated carbocycles. The third-order valence-corrected chi connectivity index (χ3v) is 1.90. The molecule has 16 heavy (non-hydrogen) atoms. The Hall–Kier alpha value is -2.00. The smallest absolute Gasteiger partial charge is 0.381 e. The van der Waals surface area contributed by atoms with Gasteiger partial charge in [0.15, 0.2) is 0 Å². The lowest BCUT2D eigenvalue weighted by atomic mass is 10.3. The van der Waals surface area contributed by atoms with E-state index in [1.165, 1.54) is 18.0 Å². The fraction of sp³-hybridized carbons (Fsp3) is 0.429. The summed E-state index contributed by atoms with van der Waals surface area (Å²) >= 11 is 0. The normalized spacial score (nSPS) is 12.1. The number of nitrogens with one attached hydrogen (secondary N) is 1. The number of carbonyl (C=O) groups is 1. The van der Waals surface area contributed by atoms with Crippen molar-refractivity contribution in [2.45, 2.75) is 6.04 Å². The Bertz CT molecular complexity index is 390.